The molecule has 2 aromatic heterocycles. The number of ether oxygens (including phenoxy) is 3. The van der Waals surface area contributed by atoms with Crippen LogP contribution in [0.2, 0.25) is 0 Å². The molecule has 1 unspecified atom stereocenters. The first-order chi connectivity index (χ1) is 30.3. The molecule has 15 nitrogen and oxygen atoms in total. The number of aromatic nitrogens is 4. The van der Waals surface area contributed by atoms with Crippen molar-refractivity contribution in [3.05, 3.63) is 95.8 Å². The Kier molecular flexibility index (Phi) is 12.5. The molecule has 0 radical (unpaired) electrons. The second kappa shape index (κ2) is 18.6. The summed E-state index contributed by atoms with van der Waals surface area (Å²) in [6.07, 6.45) is 5.47. The Morgan fingerprint density at radius 3 is 2.05 bits per heavy atom. The van der Waals surface area contributed by atoms with E-state index in [1.807, 2.05) is 71.4 Å². The number of carbonyl (C=O) groups is 4. The third kappa shape index (κ3) is 8.89. The van der Waals surface area contributed by atoms with E-state index < -0.39 is 17.9 Å². The van der Waals surface area contributed by atoms with Crippen molar-refractivity contribution >= 4 is 40.2 Å². The molecule has 1 atom stereocenters. The van der Waals surface area contributed by atoms with Crippen LogP contribution in [0.25, 0.3) is 22.3 Å². The van der Waals surface area contributed by atoms with Crippen molar-refractivity contribution in [2.75, 3.05) is 71.4 Å². The van der Waals surface area contributed by atoms with Crippen LogP contribution in [-0.2, 0) is 19.1 Å². The second-order valence-electron chi connectivity index (χ2n) is 16.6. The Bertz CT molecular complexity index is 2420. The van der Waals surface area contributed by atoms with E-state index in [1.165, 1.54) is 6.33 Å². The summed E-state index contributed by atoms with van der Waals surface area (Å²) < 4.78 is 19.9. The molecule has 0 bridgehead atoms. The van der Waals surface area contributed by atoms with Crippen LogP contribution in [0.15, 0.2) is 79.1 Å². The zero-order chi connectivity index (χ0) is 42.6. The first kappa shape index (κ1) is 41.5. The lowest BCUT2D eigenvalue weighted by Gasteiger charge is -2.32. The number of ketones is 2. The fraction of sp³-hybridized carbons (Fsp3) is 0.426. The minimum Gasteiger partial charge on any atom is -0.457 e. The van der Waals surface area contributed by atoms with Gasteiger partial charge in [-0.05, 0) is 105 Å². The predicted molar refractivity (Wildman–Crippen MR) is 231 cm³/mol. The van der Waals surface area contributed by atoms with Crippen LogP contribution in [-0.4, -0.2) is 130 Å². The number of hydrogen-bond donors (Lipinski definition) is 1. The summed E-state index contributed by atoms with van der Waals surface area (Å²) in [7, 11) is 0. The highest BCUT2D eigenvalue weighted by Crippen LogP contribution is 2.36. The average molecular weight is 841 g/mol. The highest BCUT2D eigenvalue weighted by Gasteiger charge is 2.44. The van der Waals surface area contributed by atoms with Gasteiger partial charge in [0.25, 0.3) is 11.8 Å². The lowest BCUT2D eigenvalue weighted by atomic mass is 9.88. The number of hydrogen-bond acceptors (Lipinski definition) is 13. The number of imide groups is 1. The van der Waals surface area contributed by atoms with Gasteiger partial charge >= 0.3 is 0 Å². The van der Waals surface area contributed by atoms with Gasteiger partial charge in [0.2, 0.25) is 0 Å². The lowest BCUT2D eigenvalue weighted by molar-refractivity contribution is -0.132. The number of amides is 2. The standard InChI is InChI=1S/C47H52N8O7/c48-44-42-43(32-6-10-37(11-7-32)62-36-4-2-1-3-5-36)51-55(45(42)50-30-49-44)34-16-20-53(21-17-34)23-25-61-27-26-60-24-22-52-18-14-31(15-19-52)33-8-12-38-39(28-33)47(59)54(46(38)58)40-13-9-35(56)29-41(40)57/h1-8,10-12,28,30-31,34,40H,9,13-27,29H2,(H2,48,49,50). The zero-order valence-electron chi connectivity index (χ0n) is 34.8. The minimum atomic E-state index is -0.850. The van der Waals surface area contributed by atoms with E-state index >= 15 is 0 Å². The van der Waals surface area contributed by atoms with Crippen molar-refractivity contribution in [2.24, 2.45) is 0 Å². The number of rotatable bonds is 15. The first-order valence-corrected chi connectivity index (χ1v) is 21.8. The highest BCUT2D eigenvalue weighted by atomic mass is 16.5. The smallest absolute Gasteiger partial charge is 0.262 e. The van der Waals surface area contributed by atoms with Crippen LogP contribution in [0.1, 0.15) is 83.2 Å². The maximum absolute atomic E-state index is 13.3. The molecular formula is C47H52N8O7. The van der Waals surface area contributed by atoms with Gasteiger partial charge in [-0.2, -0.15) is 5.10 Å². The maximum Gasteiger partial charge on any atom is 0.262 e. The second-order valence-corrected chi connectivity index (χ2v) is 16.6. The summed E-state index contributed by atoms with van der Waals surface area (Å²) in [5, 5.41) is 5.84. The van der Waals surface area contributed by atoms with Crippen LogP contribution in [0.3, 0.4) is 0 Å². The van der Waals surface area contributed by atoms with Gasteiger partial charge in [-0.25, -0.2) is 14.6 Å². The number of benzene rings is 3. The number of fused-ring (bicyclic) bond motifs is 2. The van der Waals surface area contributed by atoms with E-state index in [0.29, 0.717) is 43.4 Å². The normalized spacial score (nSPS) is 19.5. The van der Waals surface area contributed by atoms with Gasteiger partial charge in [-0.15, -0.1) is 0 Å². The van der Waals surface area contributed by atoms with Gasteiger partial charge in [0.1, 0.15) is 35.1 Å². The number of carbonyl (C=O) groups excluding carboxylic acids is 4. The van der Waals surface area contributed by atoms with Gasteiger partial charge in [-0.1, -0.05) is 24.3 Å². The Morgan fingerprint density at radius 1 is 0.694 bits per heavy atom. The van der Waals surface area contributed by atoms with Crippen LogP contribution >= 0.6 is 0 Å². The number of anilines is 1. The van der Waals surface area contributed by atoms with Crippen LogP contribution < -0.4 is 10.5 Å². The highest BCUT2D eigenvalue weighted by molar-refractivity contribution is 6.23. The summed E-state index contributed by atoms with van der Waals surface area (Å²) in [5.41, 5.74) is 10.6. The molecule has 322 valence electrons. The molecule has 3 fully saturated rings. The molecule has 15 heteroatoms. The molecule has 3 aliphatic heterocycles. The van der Waals surface area contributed by atoms with Gasteiger partial charge in [0, 0.05) is 38.2 Å². The van der Waals surface area contributed by atoms with Gasteiger partial charge in [-0.3, -0.25) is 24.1 Å². The van der Waals surface area contributed by atoms with Crippen molar-refractivity contribution in [1.82, 2.24) is 34.4 Å². The topological polar surface area (TPSA) is 175 Å². The molecule has 0 spiro atoms. The summed E-state index contributed by atoms with van der Waals surface area (Å²) >= 11 is 0. The SMILES string of the molecule is Nc1ncnc2c1c(-c1ccc(Oc3ccccc3)cc1)nn2C1CCN(CCOCCOCCN2CCC(c3ccc4c(c3)C(=O)N(C3CCC(=O)CC3=O)C4=O)CC2)CC1. The molecule has 5 aromatic rings. The predicted octanol–water partition coefficient (Wildman–Crippen LogP) is 5.70. The molecule has 1 saturated carbocycles. The Hall–Kier alpha value is -5.87. The fourth-order valence-corrected chi connectivity index (χ4v) is 9.29. The molecule has 9 rings (SSSR count). The number of nitrogens with two attached hydrogens (primary N) is 1. The minimum absolute atomic E-state index is 0.137. The molecule has 4 aliphatic rings. The molecule has 2 N–H and O–H groups in total. The number of nitrogens with zero attached hydrogens (tertiary/aromatic N) is 7. The third-order valence-corrected chi connectivity index (χ3v) is 12.8. The largest absolute Gasteiger partial charge is 0.457 e. The average Bonchev–Trinajstić information content (AvgIpc) is 3.80. The summed E-state index contributed by atoms with van der Waals surface area (Å²) in [6, 6.07) is 22.4. The number of likely N-dealkylation sites (tertiary alicyclic amines) is 2. The van der Waals surface area contributed by atoms with Gasteiger partial charge < -0.3 is 29.7 Å². The van der Waals surface area contributed by atoms with E-state index in [2.05, 4.69) is 19.8 Å². The first-order valence-electron chi connectivity index (χ1n) is 21.8. The van der Waals surface area contributed by atoms with Crippen LogP contribution in [0.4, 0.5) is 5.82 Å². The van der Waals surface area contributed by atoms with E-state index in [1.54, 1.807) is 6.07 Å². The van der Waals surface area contributed by atoms with Crippen molar-refractivity contribution in [1.29, 1.82) is 0 Å². The van der Waals surface area contributed by atoms with E-state index in [0.717, 1.165) is 109 Å². The number of Topliss-reactive ketones (excluding diaryl/α,β-unsaturated/α-hetero) is 2. The number of nitrogen functional groups attached to an aromatic ring is 1. The maximum atomic E-state index is 13.3. The van der Waals surface area contributed by atoms with Gasteiger partial charge in [0.05, 0.1) is 61.4 Å². The summed E-state index contributed by atoms with van der Waals surface area (Å²) in [5.74, 6) is 0.865. The molecular weight excluding hydrogens is 789 g/mol. The molecule has 62 heavy (non-hydrogen) atoms. The number of piperidine rings is 2. The fourth-order valence-electron chi connectivity index (χ4n) is 9.29. The van der Waals surface area contributed by atoms with Crippen LogP contribution in [0, 0.1) is 0 Å². The monoisotopic (exact) mass is 840 g/mol. The third-order valence-electron chi connectivity index (χ3n) is 12.8. The summed E-state index contributed by atoms with van der Waals surface area (Å²) in [4.78, 5) is 65.5. The van der Waals surface area contributed by atoms with Crippen molar-refractivity contribution < 1.29 is 33.4 Å². The van der Waals surface area contributed by atoms with Crippen molar-refractivity contribution in [3.8, 4) is 22.8 Å². The van der Waals surface area contributed by atoms with E-state index in [4.69, 9.17) is 25.0 Å². The van der Waals surface area contributed by atoms with Crippen molar-refractivity contribution in [2.45, 2.75) is 62.9 Å². The van der Waals surface area contributed by atoms with Crippen LogP contribution in [0.5, 0.6) is 11.5 Å². The van der Waals surface area contributed by atoms with Gasteiger partial charge in [0.15, 0.2) is 11.4 Å². The Labute approximate surface area is 360 Å². The molecule has 1 aliphatic carbocycles. The Morgan fingerprint density at radius 2 is 1.35 bits per heavy atom. The zero-order valence-corrected chi connectivity index (χ0v) is 34.8. The Balaban J connectivity index is 0.667. The van der Waals surface area contributed by atoms with E-state index in [-0.39, 0.29) is 42.8 Å². The van der Waals surface area contributed by atoms with E-state index in [9.17, 15) is 19.2 Å². The van der Waals surface area contributed by atoms with Crippen molar-refractivity contribution in [3.63, 3.8) is 0 Å². The molecule has 5 heterocycles. The molecule has 2 saturated heterocycles. The summed E-state index contributed by atoms with van der Waals surface area (Å²) in [6.45, 7) is 7.76. The quantitative estimate of drug-likeness (QED) is 0.0773. The molecule has 3 aromatic carbocycles. The molecule has 2 amide bonds. The lowest BCUT2D eigenvalue weighted by Crippen LogP contribution is -2.47. The number of para-hydroxylation sites is 1.